The summed E-state index contributed by atoms with van der Waals surface area (Å²) in [6.45, 7) is 0.202. The quantitative estimate of drug-likeness (QED) is 0.586. The van der Waals surface area contributed by atoms with Crippen LogP contribution in [0.1, 0.15) is 29.7 Å². The van der Waals surface area contributed by atoms with Gasteiger partial charge in [0.15, 0.2) is 0 Å². The zero-order valence-corrected chi connectivity index (χ0v) is 17.1. The summed E-state index contributed by atoms with van der Waals surface area (Å²) in [6, 6.07) is 14.7. The second-order valence-corrected chi connectivity index (χ2v) is 7.73. The Morgan fingerprint density at radius 1 is 1.06 bits per heavy atom. The zero-order valence-electron chi connectivity index (χ0n) is 17.1. The number of carbonyl (C=O) groups excluding carboxylic acids is 1. The second-order valence-electron chi connectivity index (χ2n) is 7.73. The normalized spacial score (nSPS) is 16.2. The highest BCUT2D eigenvalue weighted by Crippen LogP contribution is 2.24. The Kier molecular flexibility index (Phi) is 6.07. The van der Waals surface area contributed by atoms with E-state index in [-0.39, 0.29) is 29.7 Å². The van der Waals surface area contributed by atoms with E-state index in [1.165, 1.54) is 28.9 Å². The molecule has 2 aromatic carbocycles. The van der Waals surface area contributed by atoms with Gasteiger partial charge in [-0.25, -0.2) is 4.68 Å². The first-order valence-electron chi connectivity index (χ1n) is 10.3. The molecule has 0 bridgehead atoms. The van der Waals surface area contributed by atoms with Gasteiger partial charge >= 0.3 is 6.36 Å². The lowest BCUT2D eigenvalue weighted by Crippen LogP contribution is -2.30. The van der Waals surface area contributed by atoms with Crippen LogP contribution in [0.2, 0.25) is 0 Å². The highest BCUT2D eigenvalue weighted by molar-refractivity contribution is 5.78. The third kappa shape index (κ3) is 5.04. The smallest absolute Gasteiger partial charge is 0.406 e. The van der Waals surface area contributed by atoms with E-state index in [2.05, 4.69) is 15.2 Å². The summed E-state index contributed by atoms with van der Waals surface area (Å²) in [5.74, 6) is -0.680. The number of aryl methyl sites for hydroxylation is 1. The summed E-state index contributed by atoms with van der Waals surface area (Å²) in [7, 11) is 0. The molecule has 1 aliphatic carbocycles. The van der Waals surface area contributed by atoms with Crippen LogP contribution in [0.4, 0.5) is 13.2 Å². The highest BCUT2D eigenvalue weighted by atomic mass is 19.4. The number of nitrogens with zero attached hydrogens (tertiary/aromatic N) is 1. The van der Waals surface area contributed by atoms with Crippen molar-refractivity contribution in [2.75, 3.05) is 0 Å². The van der Waals surface area contributed by atoms with Gasteiger partial charge in [0.05, 0.1) is 5.69 Å². The minimum Gasteiger partial charge on any atom is -0.406 e. The lowest BCUT2D eigenvalue weighted by atomic mass is 9.98. The Bertz CT molecular complexity index is 1140. The number of rotatable bonds is 5. The topological polar surface area (TPSA) is 76.1 Å². The maximum Gasteiger partial charge on any atom is 0.573 e. The number of para-hydroxylation sites is 1. The van der Waals surface area contributed by atoms with Crippen molar-refractivity contribution in [3.8, 4) is 11.4 Å². The Labute approximate surface area is 182 Å². The van der Waals surface area contributed by atoms with Crippen molar-refractivity contribution in [1.29, 1.82) is 0 Å². The molecule has 168 valence electrons. The third-order valence-corrected chi connectivity index (χ3v) is 5.57. The molecule has 1 aromatic heterocycles. The van der Waals surface area contributed by atoms with E-state index in [1.807, 2.05) is 30.3 Å². The SMILES string of the molecule is O=C(NCc1ccc(OC(F)(F)F)cc1)C1CCc2[nH]n(-c3ccccc3)c(=O)c2CC1. The van der Waals surface area contributed by atoms with Gasteiger partial charge in [0.25, 0.3) is 5.56 Å². The molecule has 4 rings (SSSR count). The molecule has 1 aliphatic rings. The Morgan fingerprint density at radius 3 is 2.44 bits per heavy atom. The van der Waals surface area contributed by atoms with Crippen molar-refractivity contribution < 1.29 is 22.7 Å². The third-order valence-electron chi connectivity index (χ3n) is 5.57. The number of aromatic nitrogens is 2. The van der Waals surface area contributed by atoms with Crippen molar-refractivity contribution in [1.82, 2.24) is 15.1 Å². The van der Waals surface area contributed by atoms with E-state index >= 15 is 0 Å². The first kappa shape index (κ1) is 21.7. The molecule has 1 heterocycles. The molecule has 0 fully saturated rings. The van der Waals surface area contributed by atoms with Crippen LogP contribution in [0.3, 0.4) is 0 Å². The Hall–Kier alpha value is -3.49. The van der Waals surface area contributed by atoms with Crippen LogP contribution >= 0.6 is 0 Å². The molecule has 1 amide bonds. The molecule has 1 unspecified atom stereocenters. The molecule has 0 aliphatic heterocycles. The lowest BCUT2D eigenvalue weighted by Gasteiger charge is -2.15. The van der Waals surface area contributed by atoms with Crippen LogP contribution in [0.5, 0.6) is 5.75 Å². The summed E-state index contributed by atoms with van der Waals surface area (Å²) in [5.41, 5.74) is 2.91. The zero-order chi connectivity index (χ0) is 22.7. The van der Waals surface area contributed by atoms with Crippen molar-refractivity contribution in [3.63, 3.8) is 0 Å². The number of aromatic amines is 1. The predicted molar refractivity (Wildman–Crippen MR) is 111 cm³/mol. The number of hydrogen-bond acceptors (Lipinski definition) is 3. The van der Waals surface area contributed by atoms with E-state index in [4.69, 9.17) is 0 Å². The van der Waals surface area contributed by atoms with Crippen molar-refractivity contribution >= 4 is 5.91 Å². The van der Waals surface area contributed by atoms with Gasteiger partial charge in [-0.3, -0.25) is 14.7 Å². The monoisotopic (exact) mass is 445 g/mol. The number of halogens is 3. The second kappa shape index (κ2) is 8.94. The molecule has 6 nitrogen and oxygen atoms in total. The average Bonchev–Trinajstić information content (AvgIpc) is 2.94. The van der Waals surface area contributed by atoms with Gasteiger partial charge in [-0.2, -0.15) is 0 Å². The summed E-state index contributed by atoms with van der Waals surface area (Å²) in [4.78, 5) is 25.5. The first-order valence-corrected chi connectivity index (χ1v) is 10.3. The molecule has 0 radical (unpaired) electrons. The van der Waals surface area contributed by atoms with Crippen molar-refractivity contribution in [2.24, 2.45) is 5.92 Å². The minimum atomic E-state index is -4.74. The van der Waals surface area contributed by atoms with Crippen LogP contribution in [0.25, 0.3) is 5.69 Å². The van der Waals surface area contributed by atoms with E-state index in [0.29, 0.717) is 36.8 Å². The standard InChI is InChI=1S/C23H22F3N3O3/c24-23(25,26)32-18-10-6-15(7-11-18)14-27-21(30)16-8-12-19-20(13-9-16)28-29(22(19)31)17-4-2-1-3-5-17/h1-7,10-11,16,28H,8-9,12-14H2,(H,27,30). The Morgan fingerprint density at radius 2 is 1.75 bits per heavy atom. The maximum absolute atomic E-state index is 12.8. The van der Waals surface area contributed by atoms with E-state index in [9.17, 15) is 22.8 Å². The molecule has 32 heavy (non-hydrogen) atoms. The van der Waals surface area contributed by atoms with Crippen LogP contribution in [-0.4, -0.2) is 22.1 Å². The molecule has 0 spiro atoms. The minimum absolute atomic E-state index is 0.0894. The molecule has 0 saturated carbocycles. The number of fused-ring (bicyclic) bond motifs is 1. The largest absolute Gasteiger partial charge is 0.573 e. The molecule has 2 N–H and O–H groups in total. The maximum atomic E-state index is 12.8. The van der Waals surface area contributed by atoms with E-state index in [1.54, 1.807) is 0 Å². The summed E-state index contributed by atoms with van der Waals surface area (Å²) < 4.78 is 42.1. The van der Waals surface area contributed by atoms with Gasteiger partial charge in [-0.15, -0.1) is 13.2 Å². The summed E-state index contributed by atoms with van der Waals surface area (Å²) in [5, 5.41) is 6.02. The van der Waals surface area contributed by atoms with Gasteiger partial charge < -0.3 is 10.1 Å². The van der Waals surface area contributed by atoms with Crippen LogP contribution in [0, 0.1) is 5.92 Å². The fraction of sp³-hybridized carbons (Fsp3) is 0.304. The van der Waals surface area contributed by atoms with Gasteiger partial charge in [0.1, 0.15) is 5.75 Å². The molecule has 9 heteroatoms. The van der Waals surface area contributed by atoms with E-state index < -0.39 is 6.36 Å². The molecule has 0 saturated heterocycles. The molecule has 1 atom stereocenters. The van der Waals surface area contributed by atoms with Gasteiger partial charge in [0, 0.05) is 23.7 Å². The van der Waals surface area contributed by atoms with Gasteiger partial charge in [0.2, 0.25) is 5.91 Å². The summed E-state index contributed by atoms with van der Waals surface area (Å²) >= 11 is 0. The summed E-state index contributed by atoms with van der Waals surface area (Å²) in [6.07, 6.45) is -2.49. The Balaban J connectivity index is 1.34. The fourth-order valence-corrected chi connectivity index (χ4v) is 3.93. The van der Waals surface area contributed by atoms with Crippen LogP contribution in [0.15, 0.2) is 59.4 Å². The average molecular weight is 445 g/mol. The van der Waals surface area contributed by atoms with Crippen LogP contribution in [-0.2, 0) is 24.2 Å². The van der Waals surface area contributed by atoms with Gasteiger partial charge in [-0.1, -0.05) is 30.3 Å². The first-order chi connectivity index (χ1) is 15.3. The number of benzene rings is 2. The molecular weight excluding hydrogens is 423 g/mol. The number of hydrogen-bond donors (Lipinski definition) is 2. The number of amides is 1. The molecular formula is C23H22F3N3O3. The number of carbonyl (C=O) groups is 1. The van der Waals surface area contributed by atoms with Crippen molar-refractivity contribution in [2.45, 2.75) is 38.6 Å². The predicted octanol–water partition coefficient (Wildman–Crippen LogP) is 3.88. The lowest BCUT2D eigenvalue weighted by molar-refractivity contribution is -0.274. The van der Waals surface area contributed by atoms with Crippen molar-refractivity contribution in [3.05, 3.63) is 81.8 Å². The highest BCUT2D eigenvalue weighted by Gasteiger charge is 2.31. The number of alkyl halides is 3. The number of H-pyrrole nitrogens is 1. The fourth-order valence-electron chi connectivity index (χ4n) is 3.93. The molecule has 3 aromatic rings. The number of nitrogens with one attached hydrogen (secondary N) is 2. The van der Waals surface area contributed by atoms with Gasteiger partial charge in [-0.05, 0) is 55.5 Å². The number of ether oxygens (including phenoxy) is 1. The van der Waals surface area contributed by atoms with Crippen LogP contribution < -0.4 is 15.6 Å². The van der Waals surface area contributed by atoms with E-state index in [0.717, 1.165) is 11.4 Å².